The number of aromatic amines is 1. The molecule has 3 N–H and O–H groups in total. The number of hydrogen-bond acceptors (Lipinski definition) is 6. The molecule has 2 aromatic rings. The minimum Gasteiger partial charge on any atom is -0.504 e. The molecule has 0 unspecified atom stereocenters. The smallest absolute Gasteiger partial charge is 0.438 e. The van der Waals surface area contributed by atoms with Crippen LogP contribution in [0.2, 0.25) is 0 Å². The van der Waals surface area contributed by atoms with Crippen molar-refractivity contribution in [1.29, 1.82) is 0 Å². The third-order valence-corrected chi connectivity index (χ3v) is 3.05. The maximum Gasteiger partial charge on any atom is 0.438 e. The minimum atomic E-state index is -0.609. The maximum atomic E-state index is 11.7. The van der Waals surface area contributed by atoms with E-state index in [9.17, 15) is 14.7 Å². The quantitative estimate of drug-likeness (QED) is 0.680. The van der Waals surface area contributed by atoms with Crippen LogP contribution in [0.4, 0.5) is 0 Å². The molecule has 8 heteroatoms. The Hall–Kier alpha value is -2.77. The summed E-state index contributed by atoms with van der Waals surface area (Å²) in [4.78, 5) is 24.9. The first-order valence-electron chi connectivity index (χ1n) is 6.76. The van der Waals surface area contributed by atoms with E-state index in [1.807, 2.05) is 0 Å². The largest absolute Gasteiger partial charge is 0.504 e. The molecule has 0 fully saturated rings. The van der Waals surface area contributed by atoms with Crippen molar-refractivity contribution in [3.05, 3.63) is 40.1 Å². The van der Waals surface area contributed by atoms with Gasteiger partial charge in [-0.05, 0) is 24.1 Å². The van der Waals surface area contributed by atoms with E-state index in [0.29, 0.717) is 37.4 Å². The molecule has 0 aliphatic rings. The van der Waals surface area contributed by atoms with E-state index in [-0.39, 0.29) is 11.7 Å². The van der Waals surface area contributed by atoms with E-state index < -0.39 is 5.76 Å². The van der Waals surface area contributed by atoms with Crippen LogP contribution in [0, 0.1) is 0 Å². The van der Waals surface area contributed by atoms with Crippen molar-refractivity contribution in [1.82, 2.24) is 15.5 Å². The van der Waals surface area contributed by atoms with Gasteiger partial charge in [0.15, 0.2) is 17.3 Å². The fourth-order valence-electron chi connectivity index (χ4n) is 1.91. The van der Waals surface area contributed by atoms with Gasteiger partial charge in [0.05, 0.1) is 7.11 Å². The fourth-order valence-corrected chi connectivity index (χ4v) is 1.91. The molecule has 1 aromatic heterocycles. The van der Waals surface area contributed by atoms with Gasteiger partial charge in [-0.25, -0.2) is 4.79 Å². The Labute approximate surface area is 126 Å². The highest BCUT2D eigenvalue weighted by atomic mass is 16.5. The van der Waals surface area contributed by atoms with Crippen LogP contribution in [0.3, 0.4) is 0 Å². The molecule has 1 aromatic carbocycles. The third-order valence-electron chi connectivity index (χ3n) is 3.05. The van der Waals surface area contributed by atoms with Crippen LogP contribution in [0.15, 0.2) is 27.5 Å². The molecule has 22 heavy (non-hydrogen) atoms. The van der Waals surface area contributed by atoms with Crippen molar-refractivity contribution in [2.24, 2.45) is 0 Å². The van der Waals surface area contributed by atoms with Gasteiger partial charge in [-0.1, -0.05) is 11.2 Å². The Morgan fingerprint density at radius 1 is 1.45 bits per heavy atom. The van der Waals surface area contributed by atoms with E-state index in [1.54, 1.807) is 12.1 Å². The van der Waals surface area contributed by atoms with Gasteiger partial charge in [-0.3, -0.25) is 14.3 Å². The average Bonchev–Trinajstić information content (AvgIpc) is 2.92. The highest BCUT2D eigenvalue weighted by Crippen LogP contribution is 2.26. The first kappa shape index (κ1) is 15.6. The predicted molar refractivity (Wildman–Crippen MR) is 76.8 cm³/mol. The van der Waals surface area contributed by atoms with Gasteiger partial charge in [0.25, 0.3) is 0 Å². The van der Waals surface area contributed by atoms with Crippen LogP contribution < -0.4 is 15.8 Å². The second-order valence-corrected chi connectivity index (χ2v) is 4.65. The minimum absolute atomic E-state index is 0.0669. The lowest BCUT2D eigenvalue weighted by Crippen LogP contribution is -2.26. The van der Waals surface area contributed by atoms with Crippen LogP contribution in [0.1, 0.15) is 17.8 Å². The normalized spacial score (nSPS) is 10.4. The van der Waals surface area contributed by atoms with Gasteiger partial charge < -0.3 is 15.2 Å². The number of H-pyrrole nitrogens is 1. The molecular formula is C14H17N3O5. The van der Waals surface area contributed by atoms with Crippen molar-refractivity contribution in [3.63, 3.8) is 0 Å². The first-order valence-corrected chi connectivity index (χ1v) is 6.76. The Bertz CT molecular complexity index is 692. The average molecular weight is 307 g/mol. The molecule has 1 amide bonds. The Balaban J connectivity index is 1.74. The zero-order valence-electron chi connectivity index (χ0n) is 12.1. The third kappa shape index (κ3) is 4.37. The van der Waals surface area contributed by atoms with Crippen molar-refractivity contribution >= 4 is 5.91 Å². The van der Waals surface area contributed by atoms with Crippen LogP contribution >= 0.6 is 0 Å². The van der Waals surface area contributed by atoms with Gasteiger partial charge in [0.1, 0.15) is 0 Å². The van der Waals surface area contributed by atoms with E-state index in [1.165, 1.54) is 13.2 Å². The summed E-state index contributed by atoms with van der Waals surface area (Å²) in [6.07, 6.45) is 1.23. The van der Waals surface area contributed by atoms with Crippen molar-refractivity contribution in [2.45, 2.75) is 19.3 Å². The molecule has 0 saturated heterocycles. The van der Waals surface area contributed by atoms with E-state index in [4.69, 9.17) is 4.74 Å². The maximum absolute atomic E-state index is 11.7. The highest BCUT2D eigenvalue weighted by Gasteiger charge is 2.06. The van der Waals surface area contributed by atoms with Gasteiger partial charge in [-0.15, -0.1) is 0 Å². The Morgan fingerprint density at radius 2 is 2.27 bits per heavy atom. The number of benzene rings is 1. The number of amides is 1. The van der Waals surface area contributed by atoms with Crippen molar-refractivity contribution in [3.8, 4) is 11.5 Å². The number of rotatable bonds is 7. The van der Waals surface area contributed by atoms with Crippen LogP contribution in [-0.2, 0) is 17.6 Å². The summed E-state index contributed by atoms with van der Waals surface area (Å²) in [6, 6.07) is 4.97. The molecule has 1 heterocycles. The zero-order chi connectivity index (χ0) is 15.9. The molecule has 0 atom stereocenters. The number of carbonyl (C=O) groups is 1. The number of aromatic hydroxyl groups is 1. The number of aryl methyl sites for hydroxylation is 1. The summed E-state index contributed by atoms with van der Waals surface area (Å²) >= 11 is 0. The number of aromatic nitrogens is 2. The number of carbonyl (C=O) groups excluding carboxylic acids is 1. The van der Waals surface area contributed by atoms with Gasteiger partial charge in [0, 0.05) is 19.4 Å². The predicted octanol–water partition coefficient (Wildman–Crippen LogP) is 0.369. The topological polar surface area (TPSA) is 117 Å². The van der Waals surface area contributed by atoms with E-state index >= 15 is 0 Å². The van der Waals surface area contributed by atoms with E-state index in [0.717, 1.165) is 5.56 Å². The zero-order valence-corrected chi connectivity index (χ0v) is 12.1. The Morgan fingerprint density at radius 3 is 2.95 bits per heavy atom. The lowest BCUT2D eigenvalue weighted by Gasteiger charge is -2.07. The van der Waals surface area contributed by atoms with E-state index in [2.05, 4.69) is 20.0 Å². The highest BCUT2D eigenvalue weighted by molar-refractivity contribution is 5.76. The molecule has 2 rings (SSSR count). The molecule has 118 valence electrons. The molecule has 0 aliphatic heterocycles. The first-order chi connectivity index (χ1) is 10.6. The SMILES string of the molecule is COc1cc(CCC(=O)NCCc2noc(=O)[nH]2)ccc1O. The Kier molecular flexibility index (Phi) is 5.18. The summed E-state index contributed by atoms with van der Waals surface area (Å²) in [5, 5.41) is 15.7. The number of phenols is 1. The number of hydrogen-bond donors (Lipinski definition) is 3. The van der Waals surface area contributed by atoms with Crippen molar-refractivity contribution < 1.29 is 19.2 Å². The van der Waals surface area contributed by atoms with Gasteiger partial charge in [-0.2, -0.15) is 0 Å². The number of nitrogens with one attached hydrogen (secondary N) is 2. The van der Waals surface area contributed by atoms with Gasteiger partial charge in [0.2, 0.25) is 5.91 Å². The number of phenolic OH excluding ortho intramolecular Hbond substituents is 1. The lowest BCUT2D eigenvalue weighted by molar-refractivity contribution is -0.121. The second-order valence-electron chi connectivity index (χ2n) is 4.65. The number of methoxy groups -OCH3 is 1. The van der Waals surface area contributed by atoms with Crippen LogP contribution in [0.5, 0.6) is 11.5 Å². The van der Waals surface area contributed by atoms with Gasteiger partial charge >= 0.3 is 5.76 Å². The molecule has 8 nitrogen and oxygen atoms in total. The summed E-state index contributed by atoms with van der Waals surface area (Å²) in [5.41, 5.74) is 0.894. The van der Waals surface area contributed by atoms with Crippen LogP contribution in [-0.4, -0.2) is 34.8 Å². The molecule has 0 saturated carbocycles. The molecular weight excluding hydrogens is 290 g/mol. The summed E-state index contributed by atoms with van der Waals surface area (Å²) in [7, 11) is 1.47. The summed E-state index contributed by atoms with van der Waals surface area (Å²) in [6.45, 7) is 0.361. The second kappa shape index (κ2) is 7.30. The monoisotopic (exact) mass is 307 g/mol. The van der Waals surface area contributed by atoms with Crippen LogP contribution in [0.25, 0.3) is 0 Å². The molecule has 0 aliphatic carbocycles. The van der Waals surface area contributed by atoms with Crippen molar-refractivity contribution in [2.75, 3.05) is 13.7 Å². The molecule has 0 spiro atoms. The summed E-state index contributed by atoms with van der Waals surface area (Å²) in [5.74, 6) is 0.124. The summed E-state index contributed by atoms with van der Waals surface area (Å²) < 4.78 is 9.37. The number of nitrogens with zero attached hydrogens (tertiary/aromatic N) is 1. The lowest BCUT2D eigenvalue weighted by atomic mass is 10.1. The molecule has 0 radical (unpaired) electrons. The molecule has 0 bridgehead atoms. The number of ether oxygens (including phenoxy) is 1. The fraction of sp³-hybridized carbons (Fsp3) is 0.357. The standard InChI is InChI=1S/C14H17N3O5/c1-21-11-8-9(2-4-10(11)18)3-5-13(19)15-7-6-12-16-14(20)22-17-12/h2,4,8,18H,3,5-7H2,1H3,(H,15,19)(H,16,17,20).